The van der Waals surface area contributed by atoms with Crippen molar-refractivity contribution in [1.82, 2.24) is 9.97 Å². The second-order valence-corrected chi connectivity index (χ2v) is 6.44. The number of nitro benzene ring substituents is 1. The van der Waals surface area contributed by atoms with Crippen molar-refractivity contribution >= 4 is 28.3 Å². The van der Waals surface area contributed by atoms with Gasteiger partial charge in [0.25, 0.3) is 11.6 Å². The van der Waals surface area contributed by atoms with Gasteiger partial charge in [-0.25, -0.2) is 9.37 Å². The first-order chi connectivity index (χ1) is 14.0. The van der Waals surface area contributed by atoms with Crippen LogP contribution in [-0.2, 0) is 6.42 Å². The van der Waals surface area contributed by atoms with Crippen molar-refractivity contribution in [2.24, 2.45) is 0 Å². The number of aromatic amines is 1. The Morgan fingerprint density at radius 3 is 2.59 bits per heavy atom. The molecule has 0 radical (unpaired) electrons. The van der Waals surface area contributed by atoms with E-state index in [1.165, 1.54) is 30.3 Å². The minimum Gasteiger partial charge on any atom is -0.342 e. The average Bonchev–Trinajstić information content (AvgIpc) is 3.11. The standard InChI is InChI=1S/C21H15FN4O3/c22-17-4-2-1-3-14(17)11-20-24-18-10-7-15(12-19(18)25-20)23-21(27)13-5-8-16(9-6-13)26(28)29/h1-10,12H,11H2,(H,23,27)(H,24,25). The van der Waals surface area contributed by atoms with E-state index in [1.807, 2.05) is 0 Å². The van der Waals surface area contributed by atoms with Crippen molar-refractivity contribution in [3.05, 3.63) is 99.6 Å². The number of H-pyrrole nitrogens is 1. The number of rotatable bonds is 5. The second kappa shape index (κ2) is 7.51. The number of benzene rings is 3. The third-order valence-corrected chi connectivity index (χ3v) is 4.44. The number of nitrogens with zero attached hydrogens (tertiary/aromatic N) is 2. The molecular formula is C21H15FN4O3. The number of non-ortho nitro benzene ring substituents is 1. The molecule has 0 saturated heterocycles. The van der Waals surface area contributed by atoms with Crippen LogP contribution >= 0.6 is 0 Å². The second-order valence-electron chi connectivity index (χ2n) is 6.44. The van der Waals surface area contributed by atoms with E-state index >= 15 is 0 Å². The van der Waals surface area contributed by atoms with Crippen LogP contribution < -0.4 is 5.32 Å². The van der Waals surface area contributed by atoms with Gasteiger partial charge in [-0.05, 0) is 42.0 Å². The van der Waals surface area contributed by atoms with Crippen LogP contribution in [0.4, 0.5) is 15.8 Å². The zero-order valence-corrected chi connectivity index (χ0v) is 15.1. The summed E-state index contributed by atoms with van der Waals surface area (Å²) in [5, 5.41) is 13.5. The smallest absolute Gasteiger partial charge is 0.269 e. The highest BCUT2D eigenvalue weighted by Gasteiger charge is 2.11. The number of hydrogen-bond acceptors (Lipinski definition) is 4. The molecule has 1 aromatic heterocycles. The van der Waals surface area contributed by atoms with Crippen molar-refractivity contribution in [1.29, 1.82) is 0 Å². The molecule has 144 valence electrons. The molecule has 4 aromatic rings. The summed E-state index contributed by atoms with van der Waals surface area (Å²) < 4.78 is 13.8. The summed E-state index contributed by atoms with van der Waals surface area (Å²) in [5.74, 6) is -0.0571. The van der Waals surface area contributed by atoms with Crippen molar-refractivity contribution in [3.63, 3.8) is 0 Å². The van der Waals surface area contributed by atoms with E-state index in [-0.39, 0.29) is 17.4 Å². The number of halogens is 1. The van der Waals surface area contributed by atoms with Gasteiger partial charge in [-0.2, -0.15) is 0 Å². The van der Waals surface area contributed by atoms with Crippen molar-refractivity contribution in [3.8, 4) is 0 Å². The fourth-order valence-corrected chi connectivity index (χ4v) is 2.98. The van der Waals surface area contributed by atoms with Crippen molar-refractivity contribution in [2.45, 2.75) is 6.42 Å². The molecule has 1 amide bonds. The predicted molar refractivity (Wildman–Crippen MR) is 106 cm³/mol. The molecule has 0 aliphatic carbocycles. The maximum atomic E-state index is 13.8. The fourth-order valence-electron chi connectivity index (χ4n) is 2.98. The van der Waals surface area contributed by atoms with Crippen LogP contribution in [0.3, 0.4) is 0 Å². The van der Waals surface area contributed by atoms with Gasteiger partial charge in [0.1, 0.15) is 11.6 Å². The Morgan fingerprint density at radius 2 is 1.86 bits per heavy atom. The van der Waals surface area contributed by atoms with Crippen LogP contribution in [0, 0.1) is 15.9 Å². The van der Waals surface area contributed by atoms with Crippen LogP contribution in [0.25, 0.3) is 11.0 Å². The van der Waals surface area contributed by atoms with Gasteiger partial charge in [-0.1, -0.05) is 18.2 Å². The molecular weight excluding hydrogens is 375 g/mol. The number of amides is 1. The molecule has 0 saturated carbocycles. The Bertz CT molecular complexity index is 1220. The molecule has 0 aliphatic heterocycles. The average molecular weight is 390 g/mol. The molecule has 8 heteroatoms. The van der Waals surface area contributed by atoms with Gasteiger partial charge in [-0.15, -0.1) is 0 Å². The van der Waals surface area contributed by atoms with Crippen LogP contribution in [-0.4, -0.2) is 20.8 Å². The normalized spacial score (nSPS) is 10.8. The Balaban J connectivity index is 1.52. The van der Waals surface area contributed by atoms with E-state index in [4.69, 9.17) is 0 Å². The number of carbonyl (C=O) groups excluding carboxylic acids is 1. The molecule has 0 unspecified atom stereocenters. The number of nitro groups is 1. The molecule has 0 atom stereocenters. The summed E-state index contributed by atoms with van der Waals surface area (Å²) in [6.45, 7) is 0. The Hall–Kier alpha value is -4.07. The summed E-state index contributed by atoms with van der Waals surface area (Å²) in [6.07, 6.45) is 0.325. The minimum atomic E-state index is -0.521. The van der Waals surface area contributed by atoms with Crippen LogP contribution in [0.1, 0.15) is 21.7 Å². The molecule has 2 N–H and O–H groups in total. The van der Waals surface area contributed by atoms with Gasteiger partial charge < -0.3 is 10.3 Å². The molecule has 3 aromatic carbocycles. The molecule has 7 nitrogen and oxygen atoms in total. The molecule has 0 bridgehead atoms. The van der Waals surface area contributed by atoms with Gasteiger partial charge in [0.2, 0.25) is 0 Å². The quantitative estimate of drug-likeness (QED) is 0.388. The molecule has 29 heavy (non-hydrogen) atoms. The number of anilines is 1. The van der Waals surface area contributed by atoms with E-state index in [0.717, 1.165) is 0 Å². The van der Waals surface area contributed by atoms with Crippen LogP contribution in [0.15, 0.2) is 66.7 Å². The van der Waals surface area contributed by atoms with Crippen molar-refractivity contribution < 1.29 is 14.1 Å². The lowest BCUT2D eigenvalue weighted by atomic mass is 10.1. The Kier molecular flexibility index (Phi) is 4.74. The first-order valence-electron chi connectivity index (χ1n) is 8.77. The zero-order valence-electron chi connectivity index (χ0n) is 15.1. The first kappa shape index (κ1) is 18.3. The first-order valence-corrected chi connectivity index (χ1v) is 8.77. The monoisotopic (exact) mass is 390 g/mol. The van der Waals surface area contributed by atoms with Gasteiger partial charge in [0.15, 0.2) is 0 Å². The van der Waals surface area contributed by atoms with Crippen molar-refractivity contribution in [2.75, 3.05) is 5.32 Å². The third kappa shape index (κ3) is 3.96. The van der Waals surface area contributed by atoms with E-state index in [9.17, 15) is 19.3 Å². The fraction of sp³-hybridized carbons (Fsp3) is 0.0476. The number of aromatic nitrogens is 2. The van der Waals surface area contributed by atoms with E-state index in [0.29, 0.717) is 40.1 Å². The lowest BCUT2D eigenvalue weighted by Crippen LogP contribution is -2.11. The van der Waals surface area contributed by atoms with E-state index in [2.05, 4.69) is 15.3 Å². The van der Waals surface area contributed by atoms with Gasteiger partial charge in [-0.3, -0.25) is 14.9 Å². The molecule has 1 heterocycles. The Morgan fingerprint density at radius 1 is 1.10 bits per heavy atom. The lowest BCUT2D eigenvalue weighted by Gasteiger charge is -2.05. The molecule has 0 aliphatic rings. The highest BCUT2D eigenvalue weighted by molar-refractivity contribution is 6.05. The minimum absolute atomic E-state index is 0.0807. The van der Waals surface area contributed by atoms with Gasteiger partial charge in [0.05, 0.1) is 16.0 Å². The predicted octanol–water partition coefficient (Wildman–Crippen LogP) is 4.45. The van der Waals surface area contributed by atoms with Crippen LogP contribution in [0.5, 0.6) is 0 Å². The van der Waals surface area contributed by atoms with E-state index < -0.39 is 4.92 Å². The summed E-state index contributed by atoms with van der Waals surface area (Å²) in [5.41, 5.74) is 2.71. The van der Waals surface area contributed by atoms with Gasteiger partial charge >= 0.3 is 0 Å². The lowest BCUT2D eigenvalue weighted by molar-refractivity contribution is -0.384. The number of nitrogens with one attached hydrogen (secondary N) is 2. The maximum absolute atomic E-state index is 13.8. The maximum Gasteiger partial charge on any atom is 0.269 e. The third-order valence-electron chi connectivity index (χ3n) is 4.44. The SMILES string of the molecule is O=C(Nc1ccc2nc(Cc3ccccc3F)[nH]c2c1)c1ccc([N+](=O)[O-])cc1. The Labute approximate surface area is 164 Å². The molecule has 0 fully saturated rings. The zero-order chi connectivity index (χ0) is 20.4. The number of hydrogen-bond donors (Lipinski definition) is 2. The van der Waals surface area contributed by atoms with Crippen LogP contribution in [0.2, 0.25) is 0 Å². The molecule has 0 spiro atoms. The molecule has 4 rings (SSSR count). The van der Waals surface area contributed by atoms with E-state index in [1.54, 1.807) is 36.4 Å². The summed E-state index contributed by atoms with van der Waals surface area (Å²) >= 11 is 0. The number of carbonyl (C=O) groups is 1. The number of fused-ring (bicyclic) bond motifs is 1. The summed E-state index contributed by atoms with van der Waals surface area (Å²) in [6, 6.07) is 17.1. The highest BCUT2D eigenvalue weighted by Crippen LogP contribution is 2.20. The topological polar surface area (TPSA) is 101 Å². The summed E-state index contributed by atoms with van der Waals surface area (Å²) in [7, 11) is 0. The summed E-state index contributed by atoms with van der Waals surface area (Å²) in [4.78, 5) is 30.1. The largest absolute Gasteiger partial charge is 0.342 e. The number of imidazole rings is 1. The van der Waals surface area contributed by atoms with Gasteiger partial charge in [0, 0.05) is 29.8 Å². The highest BCUT2D eigenvalue weighted by atomic mass is 19.1.